The summed E-state index contributed by atoms with van der Waals surface area (Å²) in [6, 6.07) is 0.452. The van der Waals surface area contributed by atoms with Crippen molar-refractivity contribution in [3.8, 4) is 0 Å². The summed E-state index contributed by atoms with van der Waals surface area (Å²) in [6.45, 7) is 8.91. The molecule has 2 nitrogen and oxygen atoms in total. The number of hydrogen-bond acceptors (Lipinski definition) is 2. The Morgan fingerprint density at radius 1 is 1.40 bits per heavy atom. The first-order chi connectivity index (χ1) is 7.07. The predicted molar refractivity (Wildman–Crippen MR) is 64.9 cm³/mol. The lowest BCUT2D eigenvalue weighted by Crippen LogP contribution is -2.43. The first-order valence-corrected chi connectivity index (χ1v) is 6.14. The second kappa shape index (κ2) is 5.66. The molecule has 88 valence electrons. The molecular formula is C13H25NO. The van der Waals surface area contributed by atoms with Gasteiger partial charge in [0.25, 0.3) is 0 Å². The van der Waals surface area contributed by atoms with Gasteiger partial charge in [0, 0.05) is 12.6 Å². The van der Waals surface area contributed by atoms with E-state index in [2.05, 4.69) is 25.7 Å². The number of rotatable bonds is 6. The molecule has 0 aromatic rings. The Morgan fingerprint density at radius 2 is 2.00 bits per heavy atom. The minimum atomic E-state index is -0.428. The number of aliphatic hydroxyl groups is 1. The van der Waals surface area contributed by atoms with Gasteiger partial charge in [-0.2, -0.15) is 0 Å². The van der Waals surface area contributed by atoms with Crippen molar-refractivity contribution < 1.29 is 5.11 Å². The van der Waals surface area contributed by atoms with Gasteiger partial charge >= 0.3 is 0 Å². The molecule has 0 aromatic heterocycles. The van der Waals surface area contributed by atoms with Crippen LogP contribution in [0.2, 0.25) is 0 Å². The monoisotopic (exact) mass is 211 g/mol. The maximum absolute atomic E-state index is 10.2. The summed E-state index contributed by atoms with van der Waals surface area (Å²) in [5.74, 6) is 0.590. The quantitative estimate of drug-likeness (QED) is 0.662. The summed E-state index contributed by atoms with van der Waals surface area (Å²) < 4.78 is 0. The minimum absolute atomic E-state index is 0.428. The normalized spacial score (nSPS) is 23.7. The fourth-order valence-corrected chi connectivity index (χ4v) is 2.23. The van der Waals surface area contributed by atoms with Crippen molar-refractivity contribution in [2.75, 3.05) is 6.54 Å². The largest absolute Gasteiger partial charge is 0.389 e. The topological polar surface area (TPSA) is 32.3 Å². The van der Waals surface area contributed by atoms with Crippen molar-refractivity contribution in [1.82, 2.24) is 5.32 Å². The zero-order valence-corrected chi connectivity index (χ0v) is 10.1. The molecule has 0 aromatic carbocycles. The van der Waals surface area contributed by atoms with Crippen molar-refractivity contribution >= 4 is 0 Å². The molecule has 15 heavy (non-hydrogen) atoms. The van der Waals surface area contributed by atoms with Gasteiger partial charge in [-0.25, -0.2) is 0 Å². The summed E-state index contributed by atoms with van der Waals surface area (Å²) in [5, 5.41) is 13.6. The zero-order valence-electron chi connectivity index (χ0n) is 10.1. The SMILES string of the molecule is C=CCC(C)C(C)NCC1(O)CCCC1. The minimum Gasteiger partial charge on any atom is -0.389 e. The molecular weight excluding hydrogens is 186 g/mol. The highest BCUT2D eigenvalue weighted by Crippen LogP contribution is 2.28. The van der Waals surface area contributed by atoms with Crippen LogP contribution in [0.3, 0.4) is 0 Å². The van der Waals surface area contributed by atoms with Crippen LogP contribution in [-0.4, -0.2) is 23.3 Å². The van der Waals surface area contributed by atoms with Gasteiger partial charge in [-0.15, -0.1) is 6.58 Å². The molecule has 2 unspecified atom stereocenters. The molecule has 0 heterocycles. The molecule has 2 heteroatoms. The Morgan fingerprint density at radius 3 is 2.53 bits per heavy atom. The molecule has 0 radical (unpaired) electrons. The van der Waals surface area contributed by atoms with Crippen molar-refractivity contribution in [3.63, 3.8) is 0 Å². The highest BCUT2D eigenvalue weighted by molar-refractivity contribution is 4.88. The summed E-state index contributed by atoms with van der Waals surface area (Å²) in [6.07, 6.45) is 7.27. The van der Waals surface area contributed by atoms with E-state index in [0.29, 0.717) is 12.0 Å². The van der Waals surface area contributed by atoms with Crippen LogP contribution < -0.4 is 5.32 Å². The molecule has 0 aliphatic heterocycles. The third-order valence-electron chi connectivity index (χ3n) is 3.68. The lowest BCUT2D eigenvalue weighted by molar-refractivity contribution is 0.0436. The number of allylic oxidation sites excluding steroid dienone is 1. The van der Waals surface area contributed by atoms with Crippen LogP contribution in [0.1, 0.15) is 46.0 Å². The maximum Gasteiger partial charge on any atom is 0.0771 e. The molecule has 2 atom stereocenters. The van der Waals surface area contributed by atoms with Crippen LogP contribution in [0.25, 0.3) is 0 Å². The third-order valence-corrected chi connectivity index (χ3v) is 3.68. The standard InChI is InChI=1S/C13H25NO/c1-4-7-11(2)12(3)14-10-13(15)8-5-6-9-13/h4,11-12,14-15H,1,5-10H2,2-3H3. The van der Waals surface area contributed by atoms with E-state index in [-0.39, 0.29) is 0 Å². The van der Waals surface area contributed by atoms with Gasteiger partial charge in [-0.3, -0.25) is 0 Å². The molecule has 1 fully saturated rings. The Balaban J connectivity index is 2.26. The average Bonchev–Trinajstić information content (AvgIpc) is 2.63. The van der Waals surface area contributed by atoms with Gasteiger partial charge in [-0.1, -0.05) is 25.8 Å². The van der Waals surface area contributed by atoms with E-state index >= 15 is 0 Å². The fraction of sp³-hybridized carbons (Fsp3) is 0.846. The van der Waals surface area contributed by atoms with Crippen LogP contribution in [0.5, 0.6) is 0 Å². The van der Waals surface area contributed by atoms with Gasteiger partial charge < -0.3 is 10.4 Å². The zero-order chi connectivity index (χ0) is 11.3. The number of nitrogens with one attached hydrogen (secondary N) is 1. The maximum atomic E-state index is 10.2. The van der Waals surface area contributed by atoms with Gasteiger partial charge in [0.15, 0.2) is 0 Å². The van der Waals surface area contributed by atoms with E-state index in [1.165, 1.54) is 12.8 Å². The fourth-order valence-electron chi connectivity index (χ4n) is 2.23. The lowest BCUT2D eigenvalue weighted by Gasteiger charge is -2.27. The van der Waals surface area contributed by atoms with E-state index in [1.807, 2.05) is 6.08 Å². The van der Waals surface area contributed by atoms with Crippen molar-refractivity contribution in [2.45, 2.75) is 57.6 Å². The Kier molecular flexibility index (Phi) is 4.81. The van der Waals surface area contributed by atoms with Gasteiger partial charge in [0.2, 0.25) is 0 Å². The molecule has 1 saturated carbocycles. The average molecular weight is 211 g/mol. The molecule has 0 bridgehead atoms. The second-order valence-electron chi connectivity index (χ2n) is 5.10. The van der Waals surface area contributed by atoms with Gasteiger partial charge in [0.05, 0.1) is 5.60 Å². The molecule has 2 N–H and O–H groups in total. The van der Waals surface area contributed by atoms with E-state index in [1.54, 1.807) is 0 Å². The Labute approximate surface area is 93.8 Å². The van der Waals surface area contributed by atoms with E-state index in [9.17, 15) is 5.11 Å². The van der Waals surface area contributed by atoms with Crippen molar-refractivity contribution in [3.05, 3.63) is 12.7 Å². The summed E-state index contributed by atoms with van der Waals surface area (Å²) in [5.41, 5.74) is -0.428. The third kappa shape index (κ3) is 3.96. The van der Waals surface area contributed by atoms with Gasteiger partial charge in [-0.05, 0) is 32.1 Å². The molecule has 0 spiro atoms. The molecule has 1 aliphatic carbocycles. The highest BCUT2D eigenvalue weighted by Gasteiger charge is 2.31. The van der Waals surface area contributed by atoms with Crippen LogP contribution >= 0.6 is 0 Å². The van der Waals surface area contributed by atoms with Gasteiger partial charge in [0.1, 0.15) is 0 Å². The second-order valence-corrected chi connectivity index (χ2v) is 5.10. The first-order valence-electron chi connectivity index (χ1n) is 6.14. The van der Waals surface area contributed by atoms with Crippen LogP contribution in [0.15, 0.2) is 12.7 Å². The van der Waals surface area contributed by atoms with Crippen LogP contribution in [-0.2, 0) is 0 Å². The van der Waals surface area contributed by atoms with Crippen LogP contribution in [0.4, 0.5) is 0 Å². The summed E-state index contributed by atoms with van der Waals surface area (Å²) in [7, 11) is 0. The number of hydrogen-bond donors (Lipinski definition) is 2. The Bertz CT molecular complexity index is 197. The first kappa shape index (κ1) is 12.7. The molecule has 1 rings (SSSR count). The summed E-state index contributed by atoms with van der Waals surface area (Å²) >= 11 is 0. The van der Waals surface area contributed by atoms with Crippen LogP contribution in [0, 0.1) is 5.92 Å². The molecule has 1 aliphatic rings. The molecule has 0 saturated heterocycles. The predicted octanol–water partition coefficient (Wildman–Crippen LogP) is 2.48. The van der Waals surface area contributed by atoms with E-state index < -0.39 is 5.60 Å². The van der Waals surface area contributed by atoms with Crippen molar-refractivity contribution in [2.24, 2.45) is 5.92 Å². The molecule has 0 amide bonds. The Hall–Kier alpha value is -0.340. The van der Waals surface area contributed by atoms with E-state index in [0.717, 1.165) is 25.8 Å². The van der Waals surface area contributed by atoms with E-state index in [4.69, 9.17) is 0 Å². The lowest BCUT2D eigenvalue weighted by atomic mass is 9.97. The highest BCUT2D eigenvalue weighted by atomic mass is 16.3. The smallest absolute Gasteiger partial charge is 0.0771 e. The van der Waals surface area contributed by atoms with Crippen molar-refractivity contribution in [1.29, 1.82) is 0 Å². The summed E-state index contributed by atoms with van der Waals surface area (Å²) in [4.78, 5) is 0.